The van der Waals surface area contributed by atoms with Gasteiger partial charge < -0.3 is 0 Å². The molecule has 1 N–H and O–H groups in total. The number of hydrogen-bond donors (Lipinski definition) is 1. The van der Waals surface area contributed by atoms with Crippen LogP contribution in [0.1, 0.15) is 5.56 Å². The normalized spacial score (nSPS) is 10.6. The van der Waals surface area contributed by atoms with Gasteiger partial charge in [0.1, 0.15) is 0 Å². The van der Waals surface area contributed by atoms with Gasteiger partial charge in [-0.3, -0.25) is 0 Å². The van der Waals surface area contributed by atoms with Crippen LogP contribution in [0, 0.1) is 6.92 Å². The Bertz CT molecular complexity index is 363. The molecule has 0 atom stereocenters. The van der Waals surface area contributed by atoms with Crippen LogP contribution in [0.2, 0.25) is 0 Å². The molecule has 13 heavy (non-hydrogen) atoms. The van der Waals surface area contributed by atoms with Crippen LogP contribution in [0.5, 0.6) is 0 Å². The Morgan fingerprint density at radius 2 is 1.69 bits per heavy atom. The molecule has 0 bridgehead atoms. The topological polar surface area (TPSA) is 46.2 Å². The van der Waals surface area contributed by atoms with Crippen LogP contribution in [0.4, 0.5) is 0 Å². The van der Waals surface area contributed by atoms with Crippen molar-refractivity contribution in [2.75, 3.05) is 0 Å². The molecule has 0 amide bonds. The van der Waals surface area contributed by atoms with Crippen LogP contribution >= 0.6 is 11.8 Å². The molecule has 0 saturated heterocycles. The summed E-state index contributed by atoms with van der Waals surface area (Å²) in [5, 5.41) is 0. The second-order valence-corrected chi connectivity index (χ2v) is 4.49. The molecule has 66 valence electrons. The van der Waals surface area contributed by atoms with Gasteiger partial charge in [0, 0.05) is 0 Å². The maximum atomic E-state index is 11.1. The molecule has 6 heteroatoms. The number of hydrogen-bond acceptors (Lipinski definition) is 2. The Balaban J connectivity index is 0.00000144. The van der Waals surface area contributed by atoms with Gasteiger partial charge in [-0.05, 0) is 30.8 Å². The summed E-state index contributed by atoms with van der Waals surface area (Å²) in [6, 6.07) is 6.42. The first-order valence-corrected chi connectivity index (χ1v) is 5.11. The van der Waals surface area contributed by atoms with Gasteiger partial charge in [-0.15, -0.1) is 4.24 Å². The molecule has 0 fully saturated rings. The van der Waals surface area contributed by atoms with E-state index < -0.39 is 10.0 Å². The summed E-state index contributed by atoms with van der Waals surface area (Å²) in [4.78, 5) is 0.170. The maximum absolute atomic E-state index is 11.1. The van der Waals surface area contributed by atoms with Crippen molar-refractivity contribution in [2.45, 2.75) is 11.8 Å². The van der Waals surface area contributed by atoms with Crippen LogP contribution in [0.3, 0.4) is 0 Å². The fourth-order valence-corrected chi connectivity index (χ4v) is 1.61. The summed E-state index contributed by atoms with van der Waals surface area (Å²) in [7, 11) is -3.50. The Morgan fingerprint density at radius 3 is 2.08 bits per heavy atom. The van der Waals surface area contributed by atoms with E-state index in [0.717, 1.165) is 5.56 Å². The van der Waals surface area contributed by atoms with E-state index in [1.807, 2.05) is 6.92 Å². The molecular weight excluding hydrogens is 221 g/mol. The molecular formula is C7H8ClNNaO2S+. The smallest absolute Gasteiger partial charge is 0.206 e. The first-order valence-electron chi connectivity index (χ1n) is 3.25. The van der Waals surface area contributed by atoms with Gasteiger partial charge in [0.2, 0.25) is 0 Å². The van der Waals surface area contributed by atoms with Gasteiger partial charge in [0.15, 0.2) is 0 Å². The summed E-state index contributed by atoms with van der Waals surface area (Å²) >= 11 is 5.03. The summed E-state index contributed by atoms with van der Waals surface area (Å²) in [5.74, 6) is 0. The van der Waals surface area contributed by atoms with Crippen LogP contribution < -0.4 is 33.8 Å². The van der Waals surface area contributed by atoms with Crippen molar-refractivity contribution in [3.8, 4) is 0 Å². The SMILES string of the molecule is Cc1ccc(S(=O)(=O)NCl)cc1.[Na+]. The second-order valence-electron chi connectivity index (χ2n) is 2.39. The number of rotatable bonds is 2. The van der Waals surface area contributed by atoms with Crippen LogP contribution in [0.25, 0.3) is 0 Å². The summed E-state index contributed by atoms with van der Waals surface area (Å²) in [6.45, 7) is 1.88. The molecule has 0 aliphatic rings. The minimum Gasteiger partial charge on any atom is -0.206 e. The van der Waals surface area contributed by atoms with Gasteiger partial charge in [0.25, 0.3) is 10.0 Å². The van der Waals surface area contributed by atoms with Crippen LogP contribution in [-0.2, 0) is 10.0 Å². The predicted octanol–water partition coefficient (Wildman–Crippen LogP) is -1.57. The summed E-state index contributed by atoms with van der Waals surface area (Å²) in [6.07, 6.45) is 0. The molecule has 0 heterocycles. The Hall–Kier alpha value is 0.420. The Morgan fingerprint density at radius 1 is 1.23 bits per heavy atom. The number of nitrogens with one attached hydrogen (secondary N) is 1. The van der Waals surface area contributed by atoms with Crippen molar-refractivity contribution < 1.29 is 38.0 Å². The average molecular weight is 229 g/mol. The molecule has 0 radical (unpaired) electrons. The fraction of sp³-hybridized carbons (Fsp3) is 0.143. The zero-order valence-corrected chi connectivity index (χ0v) is 11.0. The minimum absolute atomic E-state index is 0. The maximum Gasteiger partial charge on any atom is 1.00 e. The standard InChI is InChI=1S/C7H8ClNO2S.Na/c1-6-2-4-7(5-3-6)12(10,11)9-8;/h2-5,9H,1H3;/q;+1. The molecule has 1 rings (SSSR count). The number of aryl methyl sites for hydroxylation is 1. The van der Waals surface area contributed by atoms with E-state index in [2.05, 4.69) is 0 Å². The first-order chi connectivity index (χ1) is 5.56. The molecule has 3 nitrogen and oxygen atoms in total. The van der Waals surface area contributed by atoms with E-state index in [0.29, 0.717) is 0 Å². The van der Waals surface area contributed by atoms with E-state index in [-0.39, 0.29) is 34.5 Å². The van der Waals surface area contributed by atoms with Gasteiger partial charge >= 0.3 is 29.6 Å². The fourth-order valence-electron chi connectivity index (χ4n) is 0.762. The second kappa shape index (κ2) is 5.34. The van der Waals surface area contributed by atoms with E-state index in [4.69, 9.17) is 11.8 Å². The van der Waals surface area contributed by atoms with Gasteiger partial charge in [0.05, 0.1) is 4.90 Å². The van der Waals surface area contributed by atoms with E-state index in [1.54, 1.807) is 16.4 Å². The third-order valence-corrected chi connectivity index (χ3v) is 3.14. The average Bonchev–Trinajstić information content (AvgIpc) is 2.05. The third-order valence-electron chi connectivity index (χ3n) is 1.43. The summed E-state index contributed by atoms with van der Waals surface area (Å²) in [5.41, 5.74) is 1.00. The molecule has 1 aromatic carbocycles. The number of benzene rings is 1. The first kappa shape index (κ1) is 13.4. The predicted molar refractivity (Wildman–Crippen MR) is 47.4 cm³/mol. The molecule has 0 aliphatic carbocycles. The van der Waals surface area contributed by atoms with Crippen molar-refractivity contribution in [3.63, 3.8) is 0 Å². The quantitative estimate of drug-likeness (QED) is 0.491. The van der Waals surface area contributed by atoms with Gasteiger partial charge in [-0.2, -0.15) is 0 Å². The zero-order valence-electron chi connectivity index (χ0n) is 7.41. The number of halogens is 1. The van der Waals surface area contributed by atoms with E-state index >= 15 is 0 Å². The van der Waals surface area contributed by atoms with Gasteiger partial charge in [-0.1, -0.05) is 17.7 Å². The third kappa shape index (κ3) is 3.58. The Labute approximate surface area is 105 Å². The van der Waals surface area contributed by atoms with Crippen LogP contribution in [0.15, 0.2) is 29.2 Å². The zero-order chi connectivity index (χ0) is 9.19. The summed E-state index contributed by atoms with van der Waals surface area (Å²) < 4.78 is 23.9. The largest absolute Gasteiger partial charge is 1.00 e. The van der Waals surface area contributed by atoms with Crippen molar-refractivity contribution in [1.82, 2.24) is 4.24 Å². The molecule has 0 aliphatic heterocycles. The van der Waals surface area contributed by atoms with Crippen molar-refractivity contribution in [2.24, 2.45) is 0 Å². The molecule has 0 saturated carbocycles. The molecule has 0 spiro atoms. The minimum atomic E-state index is -3.50. The molecule has 1 aromatic rings. The van der Waals surface area contributed by atoms with Crippen molar-refractivity contribution in [3.05, 3.63) is 29.8 Å². The van der Waals surface area contributed by atoms with Gasteiger partial charge in [-0.25, -0.2) is 8.42 Å². The van der Waals surface area contributed by atoms with Crippen LogP contribution in [-0.4, -0.2) is 8.42 Å². The molecule has 0 unspecified atom stereocenters. The van der Waals surface area contributed by atoms with E-state index in [1.165, 1.54) is 12.1 Å². The van der Waals surface area contributed by atoms with Crippen molar-refractivity contribution >= 4 is 21.8 Å². The monoisotopic (exact) mass is 228 g/mol. The molecule has 0 aromatic heterocycles. The van der Waals surface area contributed by atoms with E-state index in [9.17, 15) is 8.42 Å². The Kier molecular flexibility index (Phi) is 5.51. The van der Waals surface area contributed by atoms with Crippen molar-refractivity contribution in [1.29, 1.82) is 0 Å². The number of sulfonamides is 1.